The number of hydrogen-bond acceptors (Lipinski definition) is 6. The van der Waals surface area contributed by atoms with Crippen LogP contribution in [0.2, 0.25) is 0 Å². The molecule has 13 aromatic carbocycles. The Morgan fingerprint density at radius 1 is 0.189 bits per heavy atom. The van der Waals surface area contributed by atoms with Crippen molar-refractivity contribution in [2.75, 3.05) is 29.4 Å². The highest BCUT2D eigenvalue weighted by molar-refractivity contribution is 7.04. The zero-order valence-corrected chi connectivity index (χ0v) is 85.8. The summed E-state index contributed by atoms with van der Waals surface area (Å²) in [5.41, 5.74) is 51.7. The smallest absolute Gasteiger partial charge is 0.252 e. The van der Waals surface area contributed by atoms with Crippen molar-refractivity contribution >= 4 is 172 Å². The maximum atomic E-state index is 2.82. The number of hydrogen-bond donors (Lipinski definition) is 0. The number of nitrogens with zero attached hydrogens (tertiary/aromatic N) is 6. The first-order valence-electron chi connectivity index (χ1n) is 49.4. The minimum atomic E-state index is -0.316. The summed E-state index contributed by atoms with van der Waals surface area (Å²) in [6.07, 6.45) is 2.86. The molecule has 0 unspecified atom stereocenters. The van der Waals surface area contributed by atoms with E-state index >= 15 is 0 Å². The predicted octanol–water partition coefficient (Wildman–Crippen LogP) is 28.6. The highest BCUT2D eigenvalue weighted by Gasteiger charge is 2.53. The van der Waals surface area contributed by atoms with Crippen LogP contribution in [0.5, 0.6) is 0 Å². The van der Waals surface area contributed by atoms with Gasteiger partial charge in [-0.05, 0) is 340 Å². The SMILES string of the molecule is CCC(C)(C)c1cc2c3c(c1)N(c1ccc(C(C)(C)C)cc1)c1cc4c(cc1B3c1cc(C(C)(C)C)ccc1N2c1ccc(C(C)(C)C)cc1)B1c2cc3c(cc2N(c2ccc(C(C)(C)C)cc2)c2cc(C(C)(C)CC)cc(c21)N4c1c(C)cc(C)cc1C)N(c1c(C)cc(C)cc1C)c1cc(C(C)(C)CC)cc2c1B3c1cc(C(C)(C)C)ccc1N2c1ccc(C(C)(C)C)cc1. The quantitative estimate of drug-likeness (QED) is 0.113. The van der Waals surface area contributed by atoms with Gasteiger partial charge in [0.05, 0.1) is 11.4 Å². The van der Waals surface area contributed by atoms with Gasteiger partial charge >= 0.3 is 0 Å². The van der Waals surface area contributed by atoms with E-state index in [2.05, 4.69) is 476 Å². The average molecular weight is 1740 g/mol. The third-order valence-electron chi connectivity index (χ3n) is 31.9. The fourth-order valence-electron chi connectivity index (χ4n) is 22.8. The largest absolute Gasteiger partial charge is 0.311 e. The van der Waals surface area contributed by atoms with Crippen LogP contribution in [-0.2, 0) is 48.7 Å². The van der Waals surface area contributed by atoms with Crippen molar-refractivity contribution in [3.63, 3.8) is 0 Å². The molecule has 0 amide bonds. The topological polar surface area (TPSA) is 19.4 Å². The third-order valence-corrected chi connectivity index (χ3v) is 31.9. The maximum Gasteiger partial charge on any atom is 0.252 e. The highest BCUT2D eigenvalue weighted by atomic mass is 15.2. The van der Waals surface area contributed by atoms with E-state index in [4.69, 9.17) is 0 Å². The lowest BCUT2D eigenvalue weighted by atomic mass is 9.29. The summed E-state index contributed by atoms with van der Waals surface area (Å²) >= 11 is 0. The second-order valence-corrected chi connectivity index (χ2v) is 48.5. The molecule has 672 valence electrons. The van der Waals surface area contributed by atoms with E-state index in [1.54, 1.807) is 0 Å². The third kappa shape index (κ3) is 14.5. The lowest BCUT2D eigenvalue weighted by Gasteiger charge is -2.49. The summed E-state index contributed by atoms with van der Waals surface area (Å²) in [5, 5.41) is 0. The average Bonchev–Trinajstić information content (AvgIpc) is 0.671. The standard InChI is InChI=1S/C123H141B3N6/c1-34-121(28,29)85-63-104-110-106(65-85)129(90-51-41-81(42-52-90)117(16,17)18)100-71-103-97(69-94(100)124(110)92-61-83(119(22,23)24)45-55-98(92)127(104)88-47-37-79(38-48-88)115(10,11)12)126-95-70-96-102(72-101(95)130(91-53-43-82(44-54-91)118(19,20)21)107-66-87(123(32,33)36-3)68-109(112(107)126)132(103)114-77(8)59-74(5)60-78(114)9)131(113-75(6)57-73(4)58-76(113)7)108-67-86(122(30,31)35-2)64-105-111(108)125(96)93-62-84(120(25,26)27)46-56-99(93)128(105)89-49-39-80(40-50-89)116(13,14)15/h37-72H,34-36H2,1-33H3. The van der Waals surface area contributed by atoms with Crippen LogP contribution in [0.25, 0.3) is 0 Å². The minimum absolute atomic E-state index is 0.0396. The Bertz CT molecular complexity index is 6850. The molecule has 0 radical (unpaired) electrons. The van der Waals surface area contributed by atoms with Crippen LogP contribution in [0.4, 0.5) is 102 Å². The van der Waals surface area contributed by atoms with Crippen LogP contribution in [0.3, 0.4) is 0 Å². The molecule has 0 saturated carbocycles. The van der Waals surface area contributed by atoms with E-state index in [0.29, 0.717) is 0 Å². The first kappa shape index (κ1) is 90.0. The molecular formula is C123H141B3N6. The van der Waals surface area contributed by atoms with Crippen molar-refractivity contribution < 1.29 is 0 Å². The number of fused-ring (bicyclic) bond motifs is 12. The van der Waals surface area contributed by atoms with Gasteiger partial charge in [-0.15, -0.1) is 0 Å². The fourth-order valence-corrected chi connectivity index (χ4v) is 22.8. The Kier molecular flexibility index (Phi) is 20.9. The van der Waals surface area contributed by atoms with Crippen molar-refractivity contribution in [1.82, 2.24) is 0 Å². The van der Waals surface area contributed by atoms with E-state index in [1.165, 1.54) is 212 Å². The van der Waals surface area contributed by atoms with Crippen molar-refractivity contribution in [3.05, 3.63) is 302 Å². The lowest BCUT2D eigenvalue weighted by Crippen LogP contribution is -2.67. The number of benzene rings is 13. The molecule has 0 aliphatic carbocycles. The van der Waals surface area contributed by atoms with Gasteiger partial charge in [0, 0.05) is 91.0 Å². The fraction of sp³-hybridized carbons (Fsp3) is 0.366. The summed E-state index contributed by atoms with van der Waals surface area (Å²) in [5.74, 6) is 0. The maximum absolute atomic E-state index is 2.82. The molecule has 0 spiro atoms. The van der Waals surface area contributed by atoms with Crippen LogP contribution in [0.15, 0.2) is 218 Å². The van der Waals surface area contributed by atoms with Crippen molar-refractivity contribution in [3.8, 4) is 0 Å². The Morgan fingerprint density at radius 2 is 0.386 bits per heavy atom. The van der Waals surface area contributed by atoms with Crippen LogP contribution >= 0.6 is 0 Å². The lowest BCUT2D eigenvalue weighted by molar-refractivity contribution is 0.506. The van der Waals surface area contributed by atoms with Crippen LogP contribution in [-0.4, -0.2) is 20.1 Å². The minimum Gasteiger partial charge on any atom is -0.311 e. The molecule has 6 aliphatic rings. The molecule has 132 heavy (non-hydrogen) atoms. The van der Waals surface area contributed by atoms with Crippen molar-refractivity contribution in [1.29, 1.82) is 0 Å². The van der Waals surface area contributed by atoms with E-state index in [1.807, 2.05) is 0 Å². The van der Waals surface area contributed by atoms with Crippen LogP contribution in [0, 0.1) is 41.5 Å². The van der Waals surface area contributed by atoms with Gasteiger partial charge in [0.15, 0.2) is 0 Å². The molecule has 0 bridgehead atoms. The second-order valence-electron chi connectivity index (χ2n) is 48.5. The predicted molar refractivity (Wildman–Crippen MR) is 579 cm³/mol. The van der Waals surface area contributed by atoms with Gasteiger partial charge < -0.3 is 29.4 Å². The summed E-state index contributed by atoms with van der Waals surface area (Å²) in [6.45, 7) is 78.0. The Hall–Kier alpha value is -11.1. The molecule has 6 heterocycles. The molecule has 0 N–H and O–H groups in total. The molecule has 6 nitrogen and oxygen atoms in total. The second kappa shape index (κ2) is 30.7. The van der Waals surface area contributed by atoms with Crippen molar-refractivity contribution in [2.45, 2.75) is 296 Å². The number of aryl methyl sites for hydroxylation is 6. The molecule has 9 heteroatoms. The van der Waals surface area contributed by atoms with E-state index < -0.39 is 0 Å². The van der Waals surface area contributed by atoms with Gasteiger partial charge in [0.1, 0.15) is 0 Å². The van der Waals surface area contributed by atoms with Crippen LogP contribution < -0.4 is 78.6 Å². The summed E-state index contributed by atoms with van der Waals surface area (Å²) in [4.78, 5) is 16.4. The molecule has 0 aromatic heterocycles. The molecular weight excluding hydrogens is 1590 g/mol. The highest BCUT2D eigenvalue weighted by Crippen LogP contribution is 2.56. The molecule has 6 aliphatic heterocycles. The molecule has 0 saturated heterocycles. The Balaban J connectivity index is 1.01. The molecule has 19 rings (SSSR count). The summed E-state index contributed by atoms with van der Waals surface area (Å²) in [6, 6.07) is 90.8. The summed E-state index contributed by atoms with van der Waals surface area (Å²) < 4.78 is 0. The van der Waals surface area contributed by atoms with E-state index in [0.717, 1.165) is 42.0 Å². The zero-order valence-electron chi connectivity index (χ0n) is 85.8. The van der Waals surface area contributed by atoms with Crippen molar-refractivity contribution in [2.24, 2.45) is 0 Å². The van der Waals surface area contributed by atoms with Crippen LogP contribution in [0.1, 0.15) is 290 Å². The van der Waals surface area contributed by atoms with E-state index in [-0.39, 0.29) is 68.9 Å². The number of rotatable bonds is 12. The summed E-state index contributed by atoms with van der Waals surface area (Å²) in [7, 11) is 0. The monoisotopic (exact) mass is 1740 g/mol. The Labute approximate surface area is 794 Å². The number of anilines is 18. The first-order valence-corrected chi connectivity index (χ1v) is 49.4. The van der Waals surface area contributed by atoms with Gasteiger partial charge in [-0.2, -0.15) is 0 Å². The zero-order chi connectivity index (χ0) is 94.5. The first-order chi connectivity index (χ1) is 61.8. The van der Waals surface area contributed by atoms with Gasteiger partial charge in [-0.1, -0.05) is 307 Å². The molecule has 0 fully saturated rings. The molecule has 0 atom stereocenters. The van der Waals surface area contributed by atoms with Gasteiger partial charge in [-0.3, -0.25) is 0 Å². The van der Waals surface area contributed by atoms with E-state index in [9.17, 15) is 0 Å². The van der Waals surface area contributed by atoms with Gasteiger partial charge in [-0.25, -0.2) is 0 Å². The van der Waals surface area contributed by atoms with Gasteiger partial charge in [0.2, 0.25) is 0 Å². The van der Waals surface area contributed by atoms with Gasteiger partial charge in [0.25, 0.3) is 20.1 Å². The Morgan fingerprint density at radius 3 is 0.606 bits per heavy atom. The normalized spacial score (nSPS) is 14.7. The molecule has 13 aromatic rings.